The van der Waals surface area contributed by atoms with Crippen molar-refractivity contribution in [1.82, 2.24) is 20.4 Å². The molecule has 6 heteroatoms. The molecule has 2 atom stereocenters. The highest BCUT2D eigenvalue weighted by atomic mass is 16.5. The molecule has 1 saturated heterocycles. The number of nitrogens with one attached hydrogen (secondary N) is 2. The topological polar surface area (TPSA) is 56.8 Å². The van der Waals surface area contributed by atoms with E-state index in [0.717, 1.165) is 26.2 Å². The van der Waals surface area contributed by atoms with Gasteiger partial charge in [0.25, 0.3) is 0 Å². The fourth-order valence-electron chi connectivity index (χ4n) is 3.23. The van der Waals surface area contributed by atoms with Crippen LogP contribution in [0.25, 0.3) is 0 Å². The Morgan fingerprint density at radius 1 is 1.29 bits per heavy atom. The summed E-state index contributed by atoms with van der Waals surface area (Å²) in [6.45, 7) is 4.82. The first-order valence-corrected chi connectivity index (χ1v) is 8.52. The van der Waals surface area contributed by atoms with Crippen molar-refractivity contribution >= 4 is 6.03 Å². The Balaban J connectivity index is 1.90. The summed E-state index contributed by atoms with van der Waals surface area (Å²) >= 11 is 0. The summed E-state index contributed by atoms with van der Waals surface area (Å²) in [6.07, 6.45) is 0. The van der Waals surface area contributed by atoms with Gasteiger partial charge in [-0.2, -0.15) is 0 Å². The van der Waals surface area contributed by atoms with E-state index in [1.165, 1.54) is 5.56 Å². The Morgan fingerprint density at radius 3 is 2.71 bits per heavy atom. The number of nitrogens with zero attached hydrogens (tertiary/aromatic N) is 2. The van der Waals surface area contributed by atoms with E-state index in [0.29, 0.717) is 19.1 Å². The second kappa shape index (κ2) is 9.61. The highest BCUT2D eigenvalue weighted by Gasteiger charge is 2.33. The van der Waals surface area contributed by atoms with Crippen molar-refractivity contribution in [2.24, 2.45) is 5.92 Å². The predicted molar refractivity (Wildman–Crippen MR) is 96.0 cm³/mol. The number of urea groups is 1. The van der Waals surface area contributed by atoms with Crippen LogP contribution in [0.15, 0.2) is 30.3 Å². The van der Waals surface area contributed by atoms with Crippen LogP contribution in [0.1, 0.15) is 5.56 Å². The number of amides is 2. The van der Waals surface area contributed by atoms with Crippen molar-refractivity contribution < 1.29 is 9.53 Å². The maximum atomic E-state index is 12.1. The van der Waals surface area contributed by atoms with Crippen molar-refractivity contribution in [3.05, 3.63) is 35.9 Å². The van der Waals surface area contributed by atoms with Gasteiger partial charge in [-0.05, 0) is 19.7 Å². The molecule has 2 amide bonds. The molecule has 1 aliphatic rings. The van der Waals surface area contributed by atoms with Crippen molar-refractivity contribution in [2.75, 3.05) is 54.0 Å². The summed E-state index contributed by atoms with van der Waals surface area (Å²) < 4.78 is 4.96. The van der Waals surface area contributed by atoms with Crippen molar-refractivity contribution in [2.45, 2.75) is 12.6 Å². The van der Waals surface area contributed by atoms with Crippen LogP contribution in [0.2, 0.25) is 0 Å². The van der Waals surface area contributed by atoms with Gasteiger partial charge in [0.05, 0.1) is 6.61 Å². The average molecular weight is 334 g/mol. The van der Waals surface area contributed by atoms with Gasteiger partial charge in [-0.3, -0.25) is 4.90 Å². The lowest BCUT2D eigenvalue weighted by Gasteiger charge is -2.23. The van der Waals surface area contributed by atoms with Gasteiger partial charge in [-0.25, -0.2) is 4.79 Å². The first-order chi connectivity index (χ1) is 11.6. The number of ether oxygens (including phenoxy) is 1. The molecule has 0 bridgehead atoms. The van der Waals surface area contributed by atoms with E-state index in [-0.39, 0.29) is 12.1 Å². The lowest BCUT2D eigenvalue weighted by molar-refractivity contribution is 0.194. The molecule has 1 aliphatic heterocycles. The minimum atomic E-state index is -0.109. The lowest BCUT2D eigenvalue weighted by Crippen LogP contribution is -2.48. The molecule has 2 N–H and O–H groups in total. The molecule has 1 aromatic carbocycles. The van der Waals surface area contributed by atoms with Gasteiger partial charge in [-0.1, -0.05) is 30.3 Å². The Kier molecular flexibility index (Phi) is 7.49. The lowest BCUT2D eigenvalue weighted by atomic mass is 10.0. The molecule has 24 heavy (non-hydrogen) atoms. The summed E-state index contributed by atoms with van der Waals surface area (Å²) in [7, 11) is 5.79. The molecule has 2 rings (SSSR count). The third-order valence-corrected chi connectivity index (χ3v) is 4.27. The smallest absolute Gasteiger partial charge is 0.315 e. The molecule has 0 spiro atoms. The second-order valence-electron chi connectivity index (χ2n) is 6.70. The number of carbonyl (C=O) groups is 1. The van der Waals surface area contributed by atoms with E-state index in [2.05, 4.69) is 58.8 Å². The molecular formula is C18H30N4O2. The summed E-state index contributed by atoms with van der Waals surface area (Å²) in [4.78, 5) is 16.7. The Morgan fingerprint density at radius 2 is 2.04 bits per heavy atom. The van der Waals surface area contributed by atoms with Crippen LogP contribution in [0.3, 0.4) is 0 Å². The highest BCUT2D eigenvalue weighted by molar-refractivity contribution is 5.74. The zero-order chi connectivity index (χ0) is 17.4. The molecule has 134 valence electrons. The number of hydrogen-bond acceptors (Lipinski definition) is 4. The normalized spacial score (nSPS) is 21.2. The SMILES string of the molecule is COCCNC(=O)N[C@@H]1CN(Cc2ccccc2)C[C@H]1CN(C)C. The molecular weight excluding hydrogens is 304 g/mol. The highest BCUT2D eigenvalue weighted by Crippen LogP contribution is 2.20. The van der Waals surface area contributed by atoms with E-state index in [1.807, 2.05) is 6.07 Å². The maximum Gasteiger partial charge on any atom is 0.315 e. The quantitative estimate of drug-likeness (QED) is 0.696. The van der Waals surface area contributed by atoms with Crippen LogP contribution < -0.4 is 10.6 Å². The molecule has 0 radical (unpaired) electrons. The first-order valence-electron chi connectivity index (χ1n) is 8.52. The van der Waals surface area contributed by atoms with Gasteiger partial charge in [0.15, 0.2) is 0 Å². The maximum absolute atomic E-state index is 12.1. The van der Waals surface area contributed by atoms with Crippen LogP contribution in [-0.2, 0) is 11.3 Å². The number of carbonyl (C=O) groups excluding carboxylic acids is 1. The van der Waals surface area contributed by atoms with Gasteiger partial charge >= 0.3 is 6.03 Å². The summed E-state index contributed by atoms with van der Waals surface area (Å²) in [5.74, 6) is 0.428. The third-order valence-electron chi connectivity index (χ3n) is 4.27. The summed E-state index contributed by atoms with van der Waals surface area (Å²) in [6, 6.07) is 10.5. The molecule has 1 aromatic rings. The van der Waals surface area contributed by atoms with E-state index >= 15 is 0 Å². The summed E-state index contributed by atoms with van der Waals surface area (Å²) in [5, 5.41) is 5.98. The van der Waals surface area contributed by atoms with E-state index in [1.54, 1.807) is 7.11 Å². The van der Waals surface area contributed by atoms with Gasteiger partial charge in [0.2, 0.25) is 0 Å². The minimum absolute atomic E-state index is 0.109. The standard InChI is InChI=1S/C18H30N4O2/c1-21(2)12-16-13-22(11-15-7-5-4-6-8-15)14-17(16)20-18(23)19-9-10-24-3/h4-8,16-17H,9-14H2,1-3H3,(H2,19,20,23)/t16-,17-/m1/s1. The van der Waals surface area contributed by atoms with Gasteiger partial charge in [0, 0.05) is 51.8 Å². The van der Waals surface area contributed by atoms with Gasteiger partial charge in [0.1, 0.15) is 0 Å². The zero-order valence-corrected chi connectivity index (χ0v) is 15.0. The fraction of sp³-hybridized carbons (Fsp3) is 0.611. The average Bonchev–Trinajstić information content (AvgIpc) is 2.89. The first kappa shape index (κ1) is 18.7. The Hall–Kier alpha value is -1.63. The Bertz CT molecular complexity index is 495. The van der Waals surface area contributed by atoms with Crippen molar-refractivity contribution in [3.8, 4) is 0 Å². The third kappa shape index (κ3) is 6.11. The molecule has 0 aromatic heterocycles. The van der Waals surface area contributed by atoms with Gasteiger partial charge < -0.3 is 20.3 Å². The number of hydrogen-bond donors (Lipinski definition) is 2. The zero-order valence-electron chi connectivity index (χ0n) is 15.0. The van der Waals surface area contributed by atoms with Crippen LogP contribution in [0.4, 0.5) is 4.79 Å². The molecule has 6 nitrogen and oxygen atoms in total. The van der Waals surface area contributed by atoms with E-state index in [9.17, 15) is 4.79 Å². The number of methoxy groups -OCH3 is 1. The molecule has 1 heterocycles. The predicted octanol–water partition coefficient (Wildman–Crippen LogP) is 0.994. The number of rotatable bonds is 8. The van der Waals surface area contributed by atoms with Crippen LogP contribution in [-0.4, -0.2) is 75.9 Å². The van der Waals surface area contributed by atoms with Crippen molar-refractivity contribution in [1.29, 1.82) is 0 Å². The summed E-state index contributed by atoms with van der Waals surface area (Å²) in [5.41, 5.74) is 1.31. The second-order valence-corrected chi connectivity index (χ2v) is 6.70. The molecule has 0 unspecified atom stereocenters. The van der Waals surface area contributed by atoms with E-state index in [4.69, 9.17) is 4.74 Å². The molecule has 0 saturated carbocycles. The van der Waals surface area contributed by atoms with Crippen LogP contribution in [0, 0.1) is 5.92 Å². The van der Waals surface area contributed by atoms with Crippen LogP contribution >= 0.6 is 0 Å². The number of likely N-dealkylation sites (tertiary alicyclic amines) is 1. The monoisotopic (exact) mass is 334 g/mol. The van der Waals surface area contributed by atoms with Crippen LogP contribution in [0.5, 0.6) is 0 Å². The van der Waals surface area contributed by atoms with E-state index < -0.39 is 0 Å². The Labute approximate surface area is 145 Å². The minimum Gasteiger partial charge on any atom is -0.383 e. The fourth-order valence-corrected chi connectivity index (χ4v) is 3.23. The molecule has 0 aliphatic carbocycles. The number of benzene rings is 1. The molecule has 1 fully saturated rings. The largest absolute Gasteiger partial charge is 0.383 e. The van der Waals surface area contributed by atoms with Gasteiger partial charge in [-0.15, -0.1) is 0 Å². The van der Waals surface area contributed by atoms with Crippen molar-refractivity contribution in [3.63, 3.8) is 0 Å².